The van der Waals surface area contributed by atoms with Crippen molar-refractivity contribution >= 4 is 29.9 Å². The summed E-state index contributed by atoms with van der Waals surface area (Å²) < 4.78 is 7.62. The van der Waals surface area contributed by atoms with Crippen LogP contribution in [0.1, 0.15) is 43.9 Å². The first-order valence-electron chi connectivity index (χ1n) is 9.63. The van der Waals surface area contributed by atoms with Gasteiger partial charge in [-0.2, -0.15) is 5.10 Å². The van der Waals surface area contributed by atoms with Crippen molar-refractivity contribution in [1.29, 1.82) is 0 Å². The Morgan fingerprint density at radius 3 is 2.61 bits per heavy atom. The van der Waals surface area contributed by atoms with Gasteiger partial charge in [0.1, 0.15) is 5.75 Å². The zero-order valence-electron chi connectivity index (χ0n) is 17.7. The largest absolute Gasteiger partial charge is 0.494 e. The Morgan fingerprint density at radius 1 is 1.25 bits per heavy atom. The SMILES string of the molecule is CN=C(NCCCCOc1ccccc1)N(C)Cc1cn(C)nc1C(C)C.I. The molecule has 1 heterocycles. The lowest BCUT2D eigenvalue weighted by Gasteiger charge is -2.22. The highest BCUT2D eigenvalue weighted by Crippen LogP contribution is 2.18. The van der Waals surface area contributed by atoms with E-state index in [1.165, 1.54) is 5.56 Å². The molecule has 0 aliphatic carbocycles. The number of benzene rings is 1. The first-order chi connectivity index (χ1) is 13.0. The molecule has 156 valence electrons. The summed E-state index contributed by atoms with van der Waals surface area (Å²) in [6, 6.07) is 9.94. The molecule has 0 saturated carbocycles. The lowest BCUT2D eigenvalue weighted by atomic mass is 10.1. The number of unbranched alkanes of at least 4 members (excludes halogenated alkanes) is 1. The fourth-order valence-corrected chi connectivity index (χ4v) is 3.01. The number of aryl methyl sites for hydroxylation is 1. The first-order valence-corrected chi connectivity index (χ1v) is 9.63. The molecule has 0 fully saturated rings. The van der Waals surface area contributed by atoms with Crippen LogP contribution in [0.3, 0.4) is 0 Å². The van der Waals surface area contributed by atoms with E-state index in [9.17, 15) is 0 Å². The predicted molar refractivity (Wildman–Crippen MR) is 127 cm³/mol. The van der Waals surface area contributed by atoms with E-state index in [0.717, 1.165) is 49.9 Å². The van der Waals surface area contributed by atoms with Crippen LogP contribution in [0.15, 0.2) is 41.5 Å². The van der Waals surface area contributed by atoms with E-state index in [1.807, 2.05) is 49.1 Å². The molecule has 28 heavy (non-hydrogen) atoms. The summed E-state index contributed by atoms with van der Waals surface area (Å²) in [5.41, 5.74) is 2.40. The highest BCUT2D eigenvalue weighted by Gasteiger charge is 2.14. The molecule has 0 aliphatic rings. The van der Waals surface area contributed by atoms with Gasteiger partial charge in [0, 0.05) is 46.0 Å². The zero-order valence-corrected chi connectivity index (χ0v) is 20.0. The molecule has 2 rings (SSSR count). The summed E-state index contributed by atoms with van der Waals surface area (Å²) in [7, 11) is 5.86. The highest BCUT2D eigenvalue weighted by atomic mass is 127. The lowest BCUT2D eigenvalue weighted by Crippen LogP contribution is -2.39. The Hall–Kier alpha value is -1.77. The van der Waals surface area contributed by atoms with Crippen molar-refractivity contribution in [3.63, 3.8) is 0 Å². The zero-order chi connectivity index (χ0) is 19.6. The normalized spacial score (nSPS) is 11.3. The third kappa shape index (κ3) is 7.69. The molecule has 0 amide bonds. The second-order valence-corrected chi connectivity index (χ2v) is 7.07. The van der Waals surface area contributed by atoms with E-state index >= 15 is 0 Å². The second kappa shape index (κ2) is 12.6. The maximum Gasteiger partial charge on any atom is 0.193 e. The lowest BCUT2D eigenvalue weighted by molar-refractivity contribution is 0.306. The number of hydrogen-bond acceptors (Lipinski definition) is 3. The van der Waals surface area contributed by atoms with Gasteiger partial charge < -0.3 is 15.0 Å². The summed E-state index contributed by atoms with van der Waals surface area (Å²) in [6.07, 6.45) is 4.13. The average Bonchev–Trinajstić information content (AvgIpc) is 3.02. The van der Waals surface area contributed by atoms with Crippen LogP contribution in [0.25, 0.3) is 0 Å². The summed E-state index contributed by atoms with van der Waals surface area (Å²) in [5.74, 6) is 2.24. The van der Waals surface area contributed by atoms with Crippen molar-refractivity contribution in [1.82, 2.24) is 20.0 Å². The van der Waals surface area contributed by atoms with Crippen molar-refractivity contribution in [3.05, 3.63) is 47.8 Å². The van der Waals surface area contributed by atoms with E-state index in [2.05, 4.69) is 47.4 Å². The minimum atomic E-state index is 0. The Bertz CT molecular complexity index is 715. The molecule has 0 bridgehead atoms. The van der Waals surface area contributed by atoms with Gasteiger partial charge in [0.25, 0.3) is 0 Å². The van der Waals surface area contributed by atoms with Crippen LogP contribution in [-0.2, 0) is 13.6 Å². The first kappa shape index (κ1) is 24.3. The maximum absolute atomic E-state index is 5.73. The number of para-hydroxylation sites is 1. The number of ether oxygens (including phenoxy) is 1. The number of halogens is 1. The molecular formula is C21H34IN5O. The molecule has 0 atom stereocenters. The smallest absolute Gasteiger partial charge is 0.193 e. The van der Waals surface area contributed by atoms with Gasteiger partial charge in [-0.25, -0.2) is 0 Å². The molecule has 2 aromatic rings. The molecular weight excluding hydrogens is 465 g/mol. The minimum Gasteiger partial charge on any atom is -0.494 e. The third-order valence-corrected chi connectivity index (χ3v) is 4.33. The molecule has 1 N–H and O–H groups in total. The van der Waals surface area contributed by atoms with Gasteiger partial charge in [0.2, 0.25) is 0 Å². The molecule has 0 unspecified atom stereocenters. The predicted octanol–water partition coefficient (Wildman–Crippen LogP) is 4.03. The number of guanidine groups is 1. The number of nitrogens with zero attached hydrogens (tertiary/aromatic N) is 4. The number of hydrogen-bond donors (Lipinski definition) is 1. The molecule has 0 spiro atoms. The van der Waals surface area contributed by atoms with Crippen molar-refractivity contribution in [2.45, 2.75) is 39.2 Å². The van der Waals surface area contributed by atoms with Crippen molar-refractivity contribution in [2.75, 3.05) is 27.2 Å². The van der Waals surface area contributed by atoms with E-state index in [1.54, 1.807) is 0 Å². The van der Waals surface area contributed by atoms with Crippen molar-refractivity contribution in [2.24, 2.45) is 12.0 Å². The fourth-order valence-electron chi connectivity index (χ4n) is 3.01. The van der Waals surface area contributed by atoms with Crippen molar-refractivity contribution < 1.29 is 4.74 Å². The molecule has 0 aliphatic heterocycles. The Labute approximate surface area is 186 Å². The highest BCUT2D eigenvalue weighted by molar-refractivity contribution is 14.0. The van der Waals surface area contributed by atoms with Crippen LogP contribution in [0.4, 0.5) is 0 Å². The van der Waals surface area contributed by atoms with E-state index < -0.39 is 0 Å². The molecule has 0 radical (unpaired) electrons. The van der Waals surface area contributed by atoms with Crippen LogP contribution >= 0.6 is 24.0 Å². The van der Waals surface area contributed by atoms with Gasteiger partial charge in [-0.15, -0.1) is 24.0 Å². The van der Waals surface area contributed by atoms with Crippen LogP contribution in [0.2, 0.25) is 0 Å². The maximum atomic E-state index is 5.73. The van der Waals surface area contributed by atoms with Crippen LogP contribution in [0.5, 0.6) is 5.75 Å². The standard InChI is InChI=1S/C21H33N5O.HI/c1-17(2)20-18(16-26(5)24-20)15-25(4)21(22-3)23-13-9-10-14-27-19-11-7-6-8-12-19;/h6-8,11-12,16-17H,9-10,13-15H2,1-5H3,(H,22,23);1H. The van der Waals surface area contributed by atoms with Gasteiger partial charge in [0.05, 0.1) is 12.3 Å². The summed E-state index contributed by atoms with van der Waals surface area (Å²) >= 11 is 0. The number of rotatable bonds is 9. The molecule has 1 aromatic heterocycles. The topological polar surface area (TPSA) is 54.7 Å². The summed E-state index contributed by atoms with van der Waals surface area (Å²) in [5, 5.41) is 8.02. The van der Waals surface area contributed by atoms with Gasteiger partial charge in [0.15, 0.2) is 5.96 Å². The number of nitrogens with one attached hydrogen (secondary N) is 1. The van der Waals surface area contributed by atoms with Crippen molar-refractivity contribution in [3.8, 4) is 5.75 Å². The quantitative estimate of drug-likeness (QED) is 0.245. The van der Waals surface area contributed by atoms with Crippen LogP contribution in [-0.4, -0.2) is 47.9 Å². The van der Waals surface area contributed by atoms with E-state index in [-0.39, 0.29) is 24.0 Å². The number of aromatic nitrogens is 2. The second-order valence-electron chi connectivity index (χ2n) is 7.07. The monoisotopic (exact) mass is 499 g/mol. The molecule has 1 aromatic carbocycles. The summed E-state index contributed by atoms with van der Waals surface area (Å²) in [4.78, 5) is 6.55. The third-order valence-electron chi connectivity index (χ3n) is 4.33. The van der Waals surface area contributed by atoms with Crippen LogP contribution < -0.4 is 10.1 Å². The van der Waals surface area contributed by atoms with Gasteiger partial charge in [-0.05, 0) is 30.9 Å². The van der Waals surface area contributed by atoms with E-state index in [0.29, 0.717) is 5.92 Å². The Kier molecular flexibility index (Phi) is 11.0. The van der Waals surface area contributed by atoms with Crippen LogP contribution in [0, 0.1) is 0 Å². The van der Waals surface area contributed by atoms with E-state index in [4.69, 9.17) is 4.74 Å². The number of aliphatic imine (C=N–C) groups is 1. The molecule has 0 saturated heterocycles. The van der Waals surface area contributed by atoms with Gasteiger partial charge in [-0.1, -0.05) is 32.0 Å². The Balaban J connectivity index is 0.00000392. The molecule has 6 nitrogen and oxygen atoms in total. The fraction of sp³-hybridized carbons (Fsp3) is 0.524. The summed E-state index contributed by atoms with van der Waals surface area (Å²) in [6.45, 7) is 6.75. The Morgan fingerprint density at radius 2 is 1.96 bits per heavy atom. The van der Waals surface area contributed by atoms with Gasteiger partial charge >= 0.3 is 0 Å². The average molecular weight is 499 g/mol. The molecule has 7 heteroatoms. The van der Waals surface area contributed by atoms with Gasteiger partial charge in [-0.3, -0.25) is 9.67 Å². The minimum absolute atomic E-state index is 0.